The molecule has 0 saturated heterocycles. The van der Waals surface area contributed by atoms with Crippen LogP contribution in [0.3, 0.4) is 0 Å². The van der Waals surface area contributed by atoms with Gasteiger partial charge in [0, 0.05) is 30.2 Å². The van der Waals surface area contributed by atoms with Gasteiger partial charge in [-0.05, 0) is 57.4 Å². The van der Waals surface area contributed by atoms with Crippen molar-refractivity contribution in [2.45, 2.75) is 26.3 Å². The third-order valence-corrected chi connectivity index (χ3v) is 4.83. The molecule has 0 fully saturated rings. The number of nitrogens with one attached hydrogen (secondary N) is 1. The Bertz CT molecular complexity index is 785. The molecule has 148 valence electrons. The maximum atomic E-state index is 12.7. The van der Waals surface area contributed by atoms with Gasteiger partial charge in [0.15, 0.2) is 0 Å². The molecule has 1 amide bonds. The first-order valence-corrected chi connectivity index (χ1v) is 9.44. The highest BCUT2D eigenvalue weighted by molar-refractivity contribution is 7.09. The van der Waals surface area contributed by atoms with E-state index in [1.165, 1.54) is 4.88 Å². The minimum Gasteiger partial charge on any atom is -0.483 e. The van der Waals surface area contributed by atoms with E-state index in [-0.39, 0.29) is 29.5 Å². The van der Waals surface area contributed by atoms with Gasteiger partial charge < -0.3 is 19.9 Å². The SMILES string of the molecule is Cc1ccn(C(C)CN(C)C)c(=O)c1C(=O)NCCc1cccs1.O=CO. The Morgan fingerprint density at radius 2 is 2.07 bits per heavy atom. The van der Waals surface area contributed by atoms with Crippen molar-refractivity contribution in [1.29, 1.82) is 0 Å². The zero-order valence-electron chi connectivity index (χ0n) is 16.1. The predicted molar refractivity (Wildman–Crippen MR) is 108 cm³/mol. The lowest BCUT2D eigenvalue weighted by Crippen LogP contribution is -2.37. The van der Waals surface area contributed by atoms with Crippen LogP contribution in [0.15, 0.2) is 34.6 Å². The van der Waals surface area contributed by atoms with E-state index in [1.807, 2.05) is 49.5 Å². The van der Waals surface area contributed by atoms with Gasteiger partial charge in [0.25, 0.3) is 17.9 Å². The number of carbonyl (C=O) groups excluding carboxylic acids is 1. The molecule has 0 spiro atoms. The van der Waals surface area contributed by atoms with Crippen molar-refractivity contribution in [3.63, 3.8) is 0 Å². The molecule has 0 aliphatic carbocycles. The summed E-state index contributed by atoms with van der Waals surface area (Å²) in [6.07, 6.45) is 2.55. The molecule has 1 unspecified atom stereocenters. The Kier molecular flexibility index (Phi) is 9.46. The number of hydrogen-bond donors (Lipinski definition) is 2. The molecule has 0 saturated carbocycles. The molecule has 8 heteroatoms. The van der Waals surface area contributed by atoms with Crippen LogP contribution in [0.2, 0.25) is 0 Å². The summed E-state index contributed by atoms with van der Waals surface area (Å²) in [6, 6.07) is 5.88. The van der Waals surface area contributed by atoms with Crippen LogP contribution in [0, 0.1) is 6.92 Å². The summed E-state index contributed by atoms with van der Waals surface area (Å²) in [5.41, 5.74) is 0.731. The Balaban J connectivity index is 0.00000114. The number of pyridine rings is 1. The van der Waals surface area contributed by atoms with E-state index in [1.54, 1.807) is 29.0 Å². The van der Waals surface area contributed by atoms with Crippen LogP contribution >= 0.6 is 11.3 Å². The van der Waals surface area contributed by atoms with Crippen LogP contribution in [0.1, 0.15) is 33.8 Å². The third kappa shape index (κ3) is 6.99. The summed E-state index contributed by atoms with van der Waals surface area (Å²) in [5, 5.41) is 11.8. The fourth-order valence-electron chi connectivity index (χ4n) is 2.72. The van der Waals surface area contributed by atoms with Crippen LogP contribution in [0.4, 0.5) is 0 Å². The van der Waals surface area contributed by atoms with E-state index < -0.39 is 0 Å². The number of hydrogen-bond acceptors (Lipinski definition) is 5. The van der Waals surface area contributed by atoms with Gasteiger partial charge in [-0.1, -0.05) is 6.07 Å². The normalized spacial score (nSPS) is 11.4. The smallest absolute Gasteiger partial charge is 0.290 e. The Morgan fingerprint density at radius 1 is 1.41 bits per heavy atom. The largest absolute Gasteiger partial charge is 0.483 e. The van der Waals surface area contributed by atoms with E-state index in [0.717, 1.165) is 13.0 Å². The van der Waals surface area contributed by atoms with Gasteiger partial charge in [0.1, 0.15) is 5.56 Å². The molecule has 2 aromatic rings. The molecule has 1 atom stereocenters. The number of rotatable bonds is 7. The zero-order chi connectivity index (χ0) is 20.4. The Labute approximate surface area is 163 Å². The monoisotopic (exact) mass is 393 g/mol. The average molecular weight is 394 g/mol. The molecule has 2 aromatic heterocycles. The summed E-state index contributed by atoms with van der Waals surface area (Å²) in [6.45, 7) is 4.80. The van der Waals surface area contributed by atoms with E-state index >= 15 is 0 Å². The third-order valence-electron chi connectivity index (χ3n) is 3.90. The predicted octanol–water partition coefficient (Wildman–Crippen LogP) is 2.01. The molecule has 7 nitrogen and oxygen atoms in total. The lowest BCUT2D eigenvalue weighted by Gasteiger charge is -2.20. The highest BCUT2D eigenvalue weighted by Crippen LogP contribution is 2.10. The number of amides is 1. The van der Waals surface area contributed by atoms with Gasteiger partial charge in [-0.2, -0.15) is 0 Å². The first-order valence-electron chi connectivity index (χ1n) is 8.56. The molecule has 2 heterocycles. The van der Waals surface area contributed by atoms with Gasteiger partial charge in [0.05, 0.1) is 0 Å². The van der Waals surface area contributed by atoms with E-state index in [2.05, 4.69) is 5.32 Å². The number of aromatic nitrogens is 1. The van der Waals surface area contributed by atoms with Crippen LogP contribution in [-0.4, -0.2) is 54.1 Å². The molecule has 27 heavy (non-hydrogen) atoms. The minimum absolute atomic E-state index is 0.00534. The van der Waals surface area contributed by atoms with Crippen LogP contribution in [0.5, 0.6) is 0 Å². The number of thiophene rings is 1. The lowest BCUT2D eigenvalue weighted by molar-refractivity contribution is -0.122. The summed E-state index contributed by atoms with van der Waals surface area (Å²) in [7, 11) is 3.93. The molecule has 0 aliphatic heterocycles. The molecular weight excluding hydrogens is 366 g/mol. The molecule has 2 N–H and O–H groups in total. The lowest BCUT2D eigenvalue weighted by atomic mass is 10.1. The van der Waals surface area contributed by atoms with Gasteiger partial charge in [-0.25, -0.2) is 0 Å². The number of carboxylic acid groups (broad SMARTS) is 1. The van der Waals surface area contributed by atoms with Crippen molar-refractivity contribution >= 4 is 23.7 Å². The second kappa shape index (κ2) is 11.3. The average Bonchev–Trinajstić information content (AvgIpc) is 3.08. The summed E-state index contributed by atoms with van der Waals surface area (Å²) < 4.78 is 1.64. The van der Waals surface area contributed by atoms with E-state index in [0.29, 0.717) is 12.1 Å². The van der Waals surface area contributed by atoms with Gasteiger partial charge in [-0.3, -0.25) is 14.4 Å². The van der Waals surface area contributed by atoms with Gasteiger partial charge >= 0.3 is 0 Å². The molecule has 0 aliphatic rings. The second-order valence-corrected chi connectivity index (χ2v) is 7.42. The van der Waals surface area contributed by atoms with Crippen molar-refractivity contribution in [1.82, 2.24) is 14.8 Å². The molecule has 0 radical (unpaired) electrons. The highest BCUT2D eigenvalue weighted by Gasteiger charge is 2.18. The minimum atomic E-state index is -0.291. The topological polar surface area (TPSA) is 91.6 Å². The fourth-order valence-corrected chi connectivity index (χ4v) is 3.43. The first kappa shape index (κ1) is 22.6. The maximum Gasteiger partial charge on any atom is 0.290 e. The van der Waals surface area contributed by atoms with Crippen molar-refractivity contribution in [3.8, 4) is 0 Å². The summed E-state index contributed by atoms with van der Waals surface area (Å²) in [5.74, 6) is -0.291. The Hall–Kier alpha value is -2.45. The van der Waals surface area contributed by atoms with Crippen molar-refractivity contribution in [2.75, 3.05) is 27.2 Å². The van der Waals surface area contributed by atoms with Gasteiger partial charge in [0.2, 0.25) is 0 Å². The van der Waals surface area contributed by atoms with Gasteiger partial charge in [-0.15, -0.1) is 11.3 Å². The van der Waals surface area contributed by atoms with Crippen molar-refractivity contribution < 1.29 is 14.7 Å². The zero-order valence-corrected chi connectivity index (χ0v) is 17.0. The van der Waals surface area contributed by atoms with E-state index in [4.69, 9.17) is 9.90 Å². The Morgan fingerprint density at radius 3 is 2.63 bits per heavy atom. The van der Waals surface area contributed by atoms with Crippen molar-refractivity contribution in [3.05, 3.63) is 56.1 Å². The molecule has 0 bridgehead atoms. The first-order chi connectivity index (χ1) is 12.8. The van der Waals surface area contributed by atoms with Crippen LogP contribution in [0.25, 0.3) is 0 Å². The van der Waals surface area contributed by atoms with Crippen molar-refractivity contribution in [2.24, 2.45) is 0 Å². The molecular formula is C19H27N3O4S. The number of nitrogens with zero attached hydrogens (tertiary/aromatic N) is 2. The maximum absolute atomic E-state index is 12.7. The highest BCUT2D eigenvalue weighted by atomic mass is 32.1. The number of carbonyl (C=O) groups is 2. The molecule has 2 rings (SSSR count). The summed E-state index contributed by atoms with van der Waals surface area (Å²) in [4.78, 5) is 36.8. The molecule has 0 aromatic carbocycles. The van der Waals surface area contributed by atoms with Crippen LogP contribution in [-0.2, 0) is 11.2 Å². The second-order valence-electron chi connectivity index (χ2n) is 6.39. The van der Waals surface area contributed by atoms with E-state index in [9.17, 15) is 9.59 Å². The number of likely N-dealkylation sites (N-methyl/N-ethyl adjacent to an activating group) is 1. The summed E-state index contributed by atoms with van der Waals surface area (Å²) >= 11 is 1.67. The number of aryl methyl sites for hydroxylation is 1. The fraction of sp³-hybridized carbons (Fsp3) is 0.421. The quantitative estimate of drug-likeness (QED) is 0.702. The van der Waals surface area contributed by atoms with Crippen LogP contribution < -0.4 is 10.9 Å². The standard InChI is InChI=1S/C18H25N3O2S.CH2O2/c1-13-8-10-21(14(2)12-20(3)4)18(23)16(13)17(22)19-9-7-15-6-5-11-24-15;2-1-3/h5-6,8,10-11,14H,7,9,12H2,1-4H3,(H,19,22);1H,(H,2,3).